The quantitative estimate of drug-likeness (QED) is 0.659. The maximum atomic E-state index is 13.1. The highest BCUT2D eigenvalue weighted by Gasteiger charge is 2.32. The number of nitrogens with zero attached hydrogens (tertiary/aromatic N) is 2. The van der Waals surface area contributed by atoms with E-state index >= 15 is 0 Å². The Morgan fingerprint density at radius 1 is 0.962 bits per heavy atom. The van der Waals surface area contributed by atoms with Crippen LogP contribution >= 0.6 is 35.0 Å². The van der Waals surface area contributed by atoms with Gasteiger partial charge in [-0.2, -0.15) is 0 Å². The number of amidine groups is 1. The Labute approximate surface area is 166 Å². The first-order valence-electron chi connectivity index (χ1n) is 7.97. The van der Waals surface area contributed by atoms with Crippen LogP contribution in [-0.4, -0.2) is 34.2 Å². The molecule has 0 unspecified atom stereocenters. The topological polar surface area (TPSA) is 49.7 Å². The maximum absolute atomic E-state index is 13.1. The van der Waals surface area contributed by atoms with E-state index in [1.54, 1.807) is 36.4 Å². The molecule has 1 heterocycles. The minimum atomic E-state index is -0.509. The number of aliphatic imine (C=N–C) groups is 1. The van der Waals surface area contributed by atoms with Gasteiger partial charge in [-0.1, -0.05) is 47.1 Å². The molecule has 134 valence electrons. The smallest absolute Gasteiger partial charge is 0.268 e. The average molecular weight is 407 g/mol. The number of hydrogen-bond donors (Lipinski definition) is 0. The van der Waals surface area contributed by atoms with Crippen LogP contribution in [0.2, 0.25) is 10.0 Å². The number of carbonyl (C=O) groups is 2. The van der Waals surface area contributed by atoms with Gasteiger partial charge in [0.2, 0.25) is 0 Å². The highest BCUT2D eigenvalue weighted by Crippen LogP contribution is 2.27. The van der Waals surface area contributed by atoms with Crippen molar-refractivity contribution in [3.05, 3.63) is 68.7 Å². The minimum Gasteiger partial charge on any atom is -0.268 e. The van der Waals surface area contributed by atoms with E-state index in [-0.39, 0.29) is 11.1 Å². The predicted molar refractivity (Wildman–Crippen MR) is 108 cm³/mol. The Hall–Kier alpha value is -1.82. The SMILES string of the molecule is Cc1ccc(C(=O)N(C(=O)c2ccc(C)cc2Cl)C2=NCCS2)c(Cl)c1. The van der Waals surface area contributed by atoms with E-state index in [2.05, 4.69) is 4.99 Å². The Balaban J connectivity index is 2.05. The van der Waals surface area contributed by atoms with Crippen molar-refractivity contribution in [3.63, 3.8) is 0 Å². The third kappa shape index (κ3) is 3.80. The van der Waals surface area contributed by atoms with Gasteiger partial charge in [-0.15, -0.1) is 0 Å². The van der Waals surface area contributed by atoms with Crippen LogP contribution in [0.4, 0.5) is 0 Å². The van der Waals surface area contributed by atoms with E-state index in [4.69, 9.17) is 23.2 Å². The molecule has 26 heavy (non-hydrogen) atoms. The third-order valence-corrected chi connectivity index (χ3v) is 5.46. The molecule has 3 rings (SSSR count). The number of amides is 2. The van der Waals surface area contributed by atoms with Gasteiger partial charge in [-0.25, -0.2) is 4.90 Å². The molecule has 0 N–H and O–H groups in total. The number of rotatable bonds is 2. The minimum absolute atomic E-state index is 0.254. The molecule has 0 aliphatic carbocycles. The first kappa shape index (κ1) is 19.0. The van der Waals surface area contributed by atoms with Gasteiger partial charge in [0.1, 0.15) is 0 Å². The van der Waals surface area contributed by atoms with Crippen molar-refractivity contribution in [1.29, 1.82) is 0 Å². The monoisotopic (exact) mass is 406 g/mol. The lowest BCUT2D eigenvalue weighted by atomic mass is 10.1. The summed E-state index contributed by atoms with van der Waals surface area (Å²) in [5, 5.41) is 0.964. The van der Waals surface area contributed by atoms with E-state index in [0.717, 1.165) is 21.8 Å². The highest BCUT2D eigenvalue weighted by atomic mass is 35.5. The molecule has 2 amide bonds. The second-order valence-electron chi connectivity index (χ2n) is 5.93. The summed E-state index contributed by atoms with van der Waals surface area (Å²) in [6.07, 6.45) is 0. The van der Waals surface area contributed by atoms with Crippen molar-refractivity contribution in [2.75, 3.05) is 12.3 Å². The second-order valence-corrected chi connectivity index (χ2v) is 7.80. The first-order chi connectivity index (χ1) is 12.4. The van der Waals surface area contributed by atoms with Crippen molar-refractivity contribution in [1.82, 2.24) is 4.90 Å². The van der Waals surface area contributed by atoms with E-state index in [0.29, 0.717) is 21.8 Å². The molecule has 0 spiro atoms. The average Bonchev–Trinajstić information content (AvgIpc) is 3.08. The fraction of sp³-hybridized carbons (Fsp3) is 0.211. The highest BCUT2D eigenvalue weighted by molar-refractivity contribution is 8.14. The molecule has 0 radical (unpaired) electrons. The summed E-state index contributed by atoms with van der Waals surface area (Å²) in [7, 11) is 0. The molecule has 0 aromatic heterocycles. The van der Waals surface area contributed by atoms with Crippen LogP contribution < -0.4 is 0 Å². The van der Waals surface area contributed by atoms with Gasteiger partial charge in [-0.3, -0.25) is 14.6 Å². The van der Waals surface area contributed by atoms with Crippen molar-refractivity contribution in [3.8, 4) is 0 Å². The summed E-state index contributed by atoms with van der Waals surface area (Å²) in [5.74, 6) is -0.301. The zero-order chi connectivity index (χ0) is 18.8. The van der Waals surface area contributed by atoms with Crippen molar-refractivity contribution in [2.45, 2.75) is 13.8 Å². The van der Waals surface area contributed by atoms with Crippen molar-refractivity contribution < 1.29 is 9.59 Å². The van der Waals surface area contributed by atoms with Crippen LogP contribution in [0.15, 0.2) is 41.4 Å². The molecular weight excluding hydrogens is 391 g/mol. The summed E-state index contributed by atoms with van der Waals surface area (Å²) < 4.78 is 0. The standard InChI is InChI=1S/C19H16Cl2N2O2S/c1-11-3-5-13(15(20)9-11)17(24)23(19-22-7-8-26-19)18(25)14-6-4-12(2)10-16(14)21/h3-6,9-10H,7-8H2,1-2H3. The van der Waals surface area contributed by atoms with Gasteiger partial charge in [0.05, 0.1) is 27.7 Å². The Bertz CT molecular complexity index is 864. The summed E-state index contributed by atoms with van der Waals surface area (Å²) in [4.78, 5) is 31.7. The maximum Gasteiger partial charge on any atom is 0.268 e. The van der Waals surface area contributed by atoms with Gasteiger partial charge in [0.25, 0.3) is 11.8 Å². The second kappa shape index (κ2) is 7.82. The number of benzene rings is 2. The lowest BCUT2D eigenvalue weighted by Gasteiger charge is -2.21. The molecule has 4 nitrogen and oxygen atoms in total. The lowest BCUT2D eigenvalue weighted by molar-refractivity contribution is 0.0717. The molecule has 1 aliphatic heterocycles. The van der Waals surface area contributed by atoms with Crippen molar-refractivity contribution in [2.24, 2.45) is 4.99 Å². The summed E-state index contributed by atoms with van der Waals surface area (Å²) in [6, 6.07) is 10.2. The molecule has 2 aromatic rings. The number of halogens is 2. The number of aryl methyl sites for hydroxylation is 2. The Morgan fingerprint density at radius 2 is 1.46 bits per heavy atom. The van der Waals surface area contributed by atoms with Crippen LogP contribution in [0.25, 0.3) is 0 Å². The van der Waals surface area contributed by atoms with Gasteiger partial charge < -0.3 is 0 Å². The number of carbonyl (C=O) groups excluding carboxylic acids is 2. The zero-order valence-electron chi connectivity index (χ0n) is 14.3. The predicted octanol–water partition coefficient (Wildman–Crippen LogP) is 5.00. The first-order valence-corrected chi connectivity index (χ1v) is 9.71. The zero-order valence-corrected chi connectivity index (χ0v) is 16.6. The summed E-state index contributed by atoms with van der Waals surface area (Å²) in [6.45, 7) is 4.32. The molecule has 2 aromatic carbocycles. The van der Waals surface area contributed by atoms with E-state index < -0.39 is 11.8 Å². The van der Waals surface area contributed by atoms with Crippen LogP contribution in [0.3, 0.4) is 0 Å². The van der Waals surface area contributed by atoms with Gasteiger partial charge in [0, 0.05) is 5.75 Å². The van der Waals surface area contributed by atoms with Gasteiger partial charge >= 0.3 is 0 Å². The van der Waals surface area contributed by atoms with Gasteiger partial charge in [0.15, 0.2) is 5.17 Å². The van der Waals surface area contributed by atoms with Crippen molar-refractivity contribution >= 4 is 51.9 Å². The van der Waals surface area contributed by atoms with Gasteiger partial charge in [-0.05, 0) is 49.2 Å². The molecule has 0 saturated heterocycles. The molecule has 7 heteroatoms. The molecule has 1 aliphatic rings. The van der Waals surface area contributed by atoms with E-state index in [1.165, 1.54) is 11.8 Å². The normalized spacial score (nSPS) is 13.5. The summed E-state index contributed by atoms with van der Waals surface area (Å²) >= 11 is 13.9. The third-order valence-electron chi connectivity index (χ3n) is 3.88. The van der Waals surface area contributed by atoms with Crippen LogP contribution in [-0.2, 0) is 0 Å². The molecule has 0 atom stereocenters. The summed E-state index contributed by atoms with van der Waals surface area (Å²) in [5.41, 5.74) is 2.37. The number of thioether (sulfide) groups is 1. The molecule has 0 fully saturated rings. The fourth-order valence-corrected chi connectivity index (χ4v) is 4.03. The molecule has 0 bridgehead atoms. The van der Waals surface area contributed by atoms with Crippen LogP contribution in [0, 0.1) is 13.8 Å². The van der Waals surface area contributed by atoms with E-state index in [1.807, 2.05) is 13.8 Å². The Kier molecular flexibility index (Phi) is 5.70. The largest absolute Gasteiger partial charge is 0.268 e. The Morgan fingerprint density at radius 3 is 1.85 bits per heavy atom. The fourth-order valence-electron chi connectivity index (χ4n) is 2.55. The lowest BCUT2D eigenvalue weighted by Crippen LogP contribution is -2.40. The van der Waals surface area contributed by atoms with Crippen LogP contribution in [0.5, 0.6) is 0 Å². The van der Waals surface area contributed by atoms with Crippen LogP contribution in [0.1, 0.15) is 31.8 Å². The number of hydrogen-bond acceptors (Lipinski definition) is 4. The molecule has 0 saturated carbocycles. The number of imide groups is 1. The molecular formula is C19H16Cl2N2O2S. The van der Waals surface area contributed by atoms with E-state index in [9.17, 15) is 9.59 Å².